The Morgan fingerprint density at radius 1 is 1.15 bits per heavy atom. The number of amides is 2. The Morgan fingerprint density at radius 2 is 1.75 bits per heavy atom. The third-order valence-electron chi connectivity index (χ3n) is 3.63. The van der Waals surface area contributed by atoms with Crippen molar-refractivity contribution in [3.05, 3.63) is 35.9 Å². The molecule has 0 radical (unpaired) electrons. The Kier molecular flexibility index (Phi) is 4.70. The molecule has 20 heavy (non-hydrogen) atoms. The first-order valence-electron chi connectivity index (χ1n) is 6.68. The zero-order valence-corrected chi connectivity index (χ0v) is 11.6. The summed E-state index contributed by atoms with van der Waals surface area (Å²) in [6.45, 7) is 4.16. The number of rotatable bonds is 3. The minimum atomic E-state index is -0.407. The van der Waals surface area contributed by atoms with E-state index in [2.05, 4.69) is 10.3 Å². The third-order valence-corrected chi connectivity index (χ3v) is 3.63. The van der Waals surface area contributed by atoms with Gasteiger partial charge in [0.15, 0.2) is 0 Å². The van der Waals surface area contributed by atoms with E-state index >= 15 is 0 Å². The molecule has 1 unspecified atom stereocenters. The Bertz CT molecular complexity index is 469. The molecular weight excluding hydrogens is 256 g/mol. The van der Waals surface area contributed by atoms with Crippen LogP contribution in [0.4, 0.5) is 0 Å². The van der Waals surface area contributed by atoms with Crippen molar-refractivity contribution in [3.63, 3.8) is 0 Å². The molecule has 1 aromatic carbocycles. The van der Waals surface area contributed by atoms with Crippen LogP contribution in [-0.2, 0) is 9.59 Å². The van der Waals surface area contributed by atoms with Gasteiger partial charge in [-0.05, 0) is 5.56 Å². The average Bonchev–Trinajstić information content (AvgIpc) is 2.49. The van der Waals surface area contributed by atoms with Crippen LogP contribution < -0.4 is 11.3 Å². The number of hydrazine groups is 1. The van der Waals surface area contributed by atoms with Crippen LogP contribution in [0.5, 0.6) is 0 Å². The van der Waals surface area contributed by atoms with Crippen molar-refractivity contribution < 1.29 is 9.59 Å². The summed E-state index contributed by atoms with van der Waals surface area (Å²) in [6, 6.07) is 9.13. The maximum atomic E-state index is 12.1. The zero-order valence-electron chi connectivity index (χ0n) is 11.6. The standard InChI is InChI=1S/C14H20N4O2/c1-11(19)17-7-9-18(10-8-17)13(14(20)16-15)12-5-3-2-4-6-12/h2-6,13H,7-10,15H2,1H3,(H,16,20). The molecule has 3 N–H and O–H groups in total. The topological polar surface area (TPSA) is 78.7 Å². The number of nitrogens with two attached hydrogens (primary N) is 1. The highest BCUT2D eigenvalue weighted by Gasteiger charge is 2.30. The third kappa shape index (κ3) is 3.15. The van der Waals surface area contributed by atoms with Crippen molar-refractivity contribution >= 4 is 11.8 Å². The van der Waals surface area contributed by atoms with Gasteiger partial charge in [0.05, 0.1) is 0 Å². The van der Waals surface area contributed by atoms with Crippen molar-refractivity contribution in [3.8, 4) is 0 Å². The highest BCUT2D eigenvalue weighted by molar-refractivity contribution is 5.82. The van der Waals surface area contributed by atoms with Crippen molar-refractivity contribution in [2.24, 2.45) is 5.84 Å². The second-order valence-electron chi connectivity index (χ2n) is 4.86. The number of hydrogen-bond donors (Lipinski definition) is 2. The molecule has 2 rings (SSSR count). The predicted octanol–water partition coefficient (Wildman–Crippen LogP) is -0.118. The lowest BCUT2D eigenvalue weighted by Crippen LogP contribution is -2.52. The predicted molar refractivity (Wildman–Crippen MR) is 75.3 cm³/mol. The molecule has 1 saturated heterocycles. The Morgan fingerprint density at radius 3 is 2.25 bits per heavy atom. The minimum absolute atomic E-state index is 0.0733. The lowest BCUT2D eigenvalue weighted by molar-refractivity contribution is -0.132. The summed E-state index contributed by atoms with van der Waals surface area (Å²) in [5, 5.41) is 0. The van der Waals surface area contributed by atoms with Crippen LogP contribution >= 0.6 is 0 Å². The first kappa shape index (κ1) is 14.5. The number of carbonyl (C=O) groups is 2. The first-order valence-corrected chi connectivity index (χ1v) is 6.68. The summed E-state index contributed by atoms with van der Waals surface area (Å²) in [4.78, 5) is 27.3. The van der Waals surface area contributed by atoms with E-state index < -0.39 is 6.04 Å². The van der Waals surface area contributed by atoms with Gasteiger partial charge >= 0.3 is 0 Å². The van der Waals surface area contributed by atoms with E-state index in [4.69, 9.17) is 5.84 Å². The van der Waals surface area contributed by atoms with E-state index in [0.717, 1.165) is 5.56 Å². The number of nitrogens with zero attached hydrogens (tertiary/aromatic N) is 2. The zero-order chi connectivity index (χ0) is 14.5. The van der Waals surface area contributed by atoms with Crippen molar-refractivity contribution in [1.82, 2.24) is 15.2 Å². The van der Waals surface area contributed by atoms with E-state index in [-0.39, 0.29) is 11.8 Å². The molecule has 6 nitrogen and oxygen atoms in total. The molecule has 0 bridgehead atoms. The molecule has 1 heterocycles. The second-order valence-corrected chi connectivity index (χ2v) is 4.86. The molecular formula is C14H20N4O2. The quantitative estimate of drug-likeness (QED) is 0.458. The Labute approximate surface area is 118 Å². The summed E-state index contributed by atoms with van der Waals surface area (Å²) in [7, 11) is 0. The molecule has 1 aliphatic heterocycles. The van der Waals surface area contributed by atoms with Gasteiger partial charge in [0.1, 0.15) is 6.04 Å². The van der Waals surface area contributed by atoms with Crippen LogP contribution in [0.1, 0.15) is 18.5 Å². The lowest BCUT2D eigenvalue weighted by atomic mass is 10.0. The van der Waals surface area contributed by atoms with Gasteiger partial charge in [-0.2, -0.15) is 0 Å². The molecule has 0 aliphatic carbocycles. The fraction of sp³-hybridized carbons (Fsp3) is 0.429. The molecule has 0 saturated carbocycles. The molecule has 1 aliphatic rings. The van der Waals surface area contributed by atoms with Crippen LogP contribution in [-0.4, -0.2) is 47.8 Å². The smallest absolute Gasteiger partial charge is 0.255 e. The van der Waals surface area contributed by atoms with Crippen LogP contribution in [0.25, 0.3) is 0 Å². The van der Waals surface area contributed by atoms with Gasteiger partial charge in [-0.15, -0.1) is 0 Å². The maximum absolute atomic E-state index is 12.1. The lowest BCUT2D eigenvalue weighted by Gasteiger charge is -2.38. The highest BCUT2D eigenvalue weighted by Crippen LogP contribution is 2.22. The Hall–Kier alpha value is -1.92. The molecule has 1 atom stereocenters. The number of nitrogens with one attached hydrogen (secondary N) is 1. The van der Waals surface area contributed by atoms with E-state index in [9.17, 15) is 9.59 Å². The van der Waals surface area contributed by atoms with E-state index in [1.165, 1.54) is 0 Å². The van der Waals surface area contributed by atoms with Gasteiger partial charge in [0, 0.05) is 33.1 Å². The fourth-order valence-electron chi connectivity index (χ4n) is 2.54. The molecule has 0 aromatic heterocycles. The fourth-order valence-corrected chi connectivity index (χ4v) is 2.54. The molecule has 0 spiro atoms. The Balaban J connectivity index is 2.13. The van der Waals surface area contributed by atoms with Crippen LogP contribution in [0, 0.1) is 0 Å². The van der Waals surface area contributed by atoms with Gasteiger partial charge in [-0.3, -0.25) is 19.9 Å². The monoisotopic (exact) mass is 276 g/mol. The van der Waals surface area contributed by atoms with E-state index in [1.54, 1.807) is 11.8 Å². The minimum Gasteiger partial charge on any atom is -0.340 e. The van der Waals surface area contributed by atoms with Gasteiger partial charge in [-0.25, -0.2) is 5.84 Å². The normalized spacial score (nSPS) is 17.6. The largest absolute Gasteiger partial charge is 0.340 e. The summed E-state index contributed by atoms with van der Waals surface area (Å²) in [5.74, 6) is 5.15. The second kappa shape index (κ2) is 6.49. The molecule has 2 amide bonds. The molecule has 6 heteroatoms. The van der Waals surface area contributed by atoms with Gasteiger partial charge in [0.25, 0.3) is 5.91 Å². The molecule has 1 fully saturated rings. The number of hydrogen-bond acceptors (Lipinski definition) is 4. The average molecular weight is 276 g/mol. The van der Waals surface area contributed by atoms with Crippen LogP contribution in [0.2, 0.25) is 0 Å². The van der Waals surface area contributed by atoms with Gasteiger partial charge < -0.3 is 4.90 Å². The number of carbonyl (C=O) groups excluding carboxylic acids is 2. The summed E-state index contributed by atoms with van der Waals surface area (Å²) < 4.78 is 0. The SMILES string of the molecule is CC(=O)N1CCN(C(C(=O)NN)c2ccccc2)CC1. The highest BCUT2D eigenvalue weighted by atomic mass is 16.2. The summed E-state index contributed by atoms with van der Waals surface area (Å²) >= 11 is 0. The van der Waals surface area contributed by atoms with E-state index in [1.807, 2.05) is 30.3 Å². The van der Waals surface area contributed by atoms with Crippen molar-refractivity contribution in [1.29, 1.82) is 0 Å². The van der Waals surface area contributed by atoms with Gasteiger partial charge in [0.2, 0.25) is 5.91 Å². The van der Waals surface area contributed by atoms with Crippen LogP contribution in [0.15, 0.2) is 30.3 Å². The first-order chi connectivity index (χ1) is 9.63. The summed E-state index contributed by atoms with van der Waals surface area (Å²) in [5.41, 5.74) is 3.14. The van der Waals surface area contributed by atoms with E-state index in [0.29, 0.717) is 26.2 Å². The van der Waals surface area contributed by atoms with Gasteiger partial charge in [-0.1, -0.05) is 30.3 Å². The molecule has 1 aromatic rings. The maximum Gasteiger partial charge on any atom is 0.255 e. The van der Waals surface area contributed by atoms with Crippen molar-refractivity contribution in [2.75, 3.05) is 26.2 Å². The van der Waals surface area contributed by atoms with Crippen LogP contribution in [0.3, 0.4) is 0 Å². The van der Waals surface area contributed by atoms with Crippen molar-refractivity contribution in [2.45, 2.75) is 13.0 Å². The number of benzene rings is 1. The number of piperazine rings is 1. The summed E-state index contributed by atoms with van der Waals surface area (Å²) in [6.07, 6.45) is 0. The molecule has 108 valence electrons.